The number of aromatic amines is 1. The fraction of sp³-hybridized carbons (Fsp3) is 0.208. The van der Waals surface area contributed by atoms with Crippen LogP contribution >= 0.6 is 0 Å². The van der Waals surface area contributed by atoms with E-state index in [-0.39, 0.29) is 12.5 Å². The normalized spacial score (nSPS) is 10.8. The van der Waals surface area contributed by atoms with Gasteiger partial charge in [-0.15, -0.1) is 0 Å². The van der Waals surface area contributed by atoms with Gasteiger partial charge in [-0.1, -0.05) is 30.3 Å². The van der Waals surface area contributed by atoms with Crippen LogP contribution in [0, 0.1) is 13.8 Å². The summed E-state index contributed by atoms with van der Waals surface area (Å²) in [7, 11) is 1.63. The number of nitrogens with one attached hydrogen (secondary N) is 2. The van der Waals surface area contributed by atoms with Gasteiger partial charge in [0, 0.05) is 23.5 Å². The van der Waals surface area contributed by atoms with Crippen molar-refractivity contribution in [2.45, 2.75) is 26.9 Å². The van der Waals surface area contributed by atoms with Crippen molar-refractivity contribution in [3.8, 4) is 17.1 Å². The van der Waals surface area contributed by atoms with E-state index in [1.165, 1.54) is 5.56 Å². The summed E-state index contributed by atoms with van der Waals surface area (Å²) in [6.07, 6.45) is 0. The molecule has 1 amide bonds. The smallest absolute Gasteiger partial charge is 0.253 e. The van der Waals surface area contributed by atoms with Gasteiger partial charge >= 0.3 is 0 Å². The van der Waals surface area contributed by atoms with Gasteiger partial charge in [0.25, 0.3) is 5.91 Å². The quantitative estimate of drug-likeness (QED) is 0.480. The summed E-state index contributed by atoms with van der Waals surface area (Å²) in [6, 6.07) is 19.7. The van der Waals surface area contributed by atoms with Gasteiger partial charge in [-0.2, -0.15) is 5.10 Å². The Morgan fingerprint density at radius 3 is 2.55 bits per heavy atom. The first-order valence-electron chi connectivity index (χ1n) is 10.1. The molecular weight excluding hydrogens is 390 g/mol. The lowest BCUT2D eigenvalue weighted by Gasteiger charge is -2.10. The predicted molar refractivity (Wildman–Crippen MR) is 119 cm³/mol. The van der Waals surface area contributed by atoms with Crippen LogP contribution in [0.2, 0.25) is 0 Å². The average molecular weight is 415 g/mol. The Labute approximate surface area is 181 Å². The van der Waals surface area contributed by atoms with Crippen LogP contribution in [0.15, 0.2) is 60.7 Å². The lowest BCUT2D eigenvalue weighted by atomic mass is 10.2. The molecule has 0 aliphatic carbocycles. The zero-order chi connectivity index (χ0) is 21.8. The van der Waals surface area contributed by atoms with Gasteiger partial charge in [0.05, 0.1) is 19.2 Å². The van der Waals surface area contributed by atoms with Gasteiger partial charge in [0.2, 0.25) is 0 Å². The summed E-state index contributed by atoms with van der Waals surface area (Å²) in [5.74, 6) is 1.82. The number of amides is 1. The number of rotatable bonds is 7. The fourth-order valence-electron chi connectivity index (χ4n) is 3.54. The second kappa shape index (κ2) is 8.87. The van der Waals surface area contributed by atoms with Crippen LogP contribution in [-0.4, -0.2) is 32.8 Å². The van der Waals surface area contributed by atoms with Gasteiger partial charge in [-0.05, 0) is 49.7 Å². The molecule has 0 aliphatic heterocycles. The van der Waals surface area contributed by atoms with Crippen molar-refractivity contribution in [2.75, 3.05) is 7.11 Å². The van der Waals surface area contributed by atoms with E-state index in [4.69, 9.17) is 4.74 Å². The van der Waals surface area contributed by atoms with Gasteiger partial charge in [-0.25, -0.2) is 4.98 Å². The molecule has 158 valence electrons. The van der Waals surface area contributed by atoms with Crippen LogP contribution in [0.1, 0.15) is 33.1 Å². The molecule has 0 unspecified atom stereocenters. The number of hydrogen-bond acceptors (Lipinski definition) is 4. The monoisotopic (exact) mass is 415 g/mol. The van der Waals surface area contributed by atoms with E-state index in [0.717, 1.165) is 29.2 Å². The summed E-state index contributed by atoms with van der Waals surface area (Å²) < 4.78 is 7.33. The molecule has 4 rings (SSSR count). The third-order valence-corrected chi connectivity index (χ3v) is 5.30. The zero-order valence-electron chi connectivity index (χ0n) is 17.8. The van der Waals surface area contributed by atoms with Crippen molar-refractivity contribution < 1.29 is 9.53 Å². The largest absolute Gasteiger partial charge is 0.497 e. The predicted octanol–water partition coefficient (Wildman–Crippen LogP) is 3.88. The Bertz CT molecular complexity index is 1180. The van der Waals surface area contributed by atoms with Crippen LogP contribution in [-0.2, 0) is 13.1 Å². The lowest BCUT2D eigenvalue weighted by molar-refractivity contribution is 0.0949. The Hall–Kier alpha value is -3.87. The van der Waals surface area contributed by atoms with Crippen molar-refractivity contribution in [3.05, 3.63) is 89.0 Å². The van der Waals surface area contributed by atoms with Crippen molar-refractivity contribution in [1.82, 2.24) is 25.1 Å². The SMILES string of the molecule is COc1ccc(-c2n[nH]c(CNC(=O)c3cc(C)n(Cc4ccccc4)c3C)n2)cc1. The van der Waals surface area contributed by atoms with Crippen molar-refractivity contribution in [3.63, 3.8) is 0 Å². The first-order valence-corrected chi connectivity index (χ1v) is 10.1. The molecule has 0 radical (unpaired) electrons. The summed E-state index contributed by atoms with van der Waals surface area (Å²) in [5.41, 5.74) is 4.73. The number of H-pyrrole nitrogens is 1. The van der Waals surface area contributed by atoms with E-state index in [9.17, 15) is 4.79 Å². The van der Waals surface area contributed by atoms with Gasteiger partial charge in [-0.3, -0.25) is 9.89 Å². The number of hydrogen-bond donors (Lipinski definition) is 2. The Balaban J connectivity index is 1.42. The molecule has 31 heavy (non-hydrogen) atoms. The topological polar surface area (TPSA) is 84.8 Å². The van der Waals surface area contributed by atoms with E-state index in [1.54, 1.807) is 7.11 Å². The molecule has 0 saturated carbocycles. The van der Waals surface area contributed by atoms with Gasteiger partial charge in [0.1, 0.15) is 11.6 Å². The molecule has 0 fully saturated rings. The van der Waals surface area contributed by atoms with E-state index in [1.807, 2.05) is 62.4 Å². The molecule has 2 aromatic carbocycles. The van der Waals surface area contributed by atoms with Crippen LogP contribution in [0.3, 0.4) is 0 Å². The number of carbonyl (C=O) groups excluding carboxylic acids is 1. The van der Waals surface area contributed by atoms with E-state index >= 15 is 0 Å². The highest BCUT2D eigenvalue weighted by Gasteiger charge is 2.16. The summed E-state index contributed by atoms with van der Waals surface area (Å²) in [4.78, 5) is 17.3. The third-order valence-electron chi connectivity index (χ3n) is 5.30. The number of aryl methyl sites for hydroxylation is 1. The van der Waals surface area contributed by atoms with Crippen LogP contribution in [0.25, 0.3) is 11.4 Å². The van der Waals surface area contributed by atoms with Gasteiger partial charge in [0.15, 0.2) is 5.82 Å². The number of benzene rings is 2. The highest BCUT2D eigenvalue weighted by atomic mass is 16.5. The molecular formula is C24H25N5O2. The second-order valence-electron chi connectivity index (χ2n) is 7.37. The number of nitrogens with zero attached hydrogens (tertiary/aromatic N) is 3. The van der Waals surface area contributed by atoms with E-state index < -0.39 is 0 Å². The molecule has 4 aromatic rings. The molecule has 2 heterocycles. The average Bonchev–Trinajstić information content (AvgIpc) is 3.38. The van der Waals surface area contributed by atoms with Crippen molar-refractivity contribution >= 4 is 5.91 Å². The van der Waals surface area contributed by atoms with Crippen LogP contribution in [0.4, 0.5) is 0 Å². The minimum Gasteiger partial charge on any atom is -0.497 e. The Morgan fingerprint density at radius 1 is 1.10 bits per heavy atom. The Morgan fingerprint density at radius 2 is 1.84 bits per heavy atom. The molecule has 0 spiro atoms. The fourth-order valence-corrected chi connectivity index (χ4v) is 3.54. The molecule has 2 aromatic heterocycles. The Kier molecular flexibility index (Phi) is 5.84. The van der Waals surface area contributed by atoms with E-state index in [2.05, 4.69) is 37.2 Å². The molecule has 2 N–H and O–H groups in total. The molecule has 0 atom stereocenters. The first-order chi connectivity index (χ1) is 15.0. The molecule has 7 heteroatoms. The molecule has 0 aliphatic rings. The molecule has 0 saturated heterocycles. The van der Waals surface area contributed by atoms with Crippen molar-refractivity contribution in [1.29, 1.82) is 0 Å². The maximum atomic E-state index is 12.8. The highest BCUT2D eigenvalue weighted by molar-refractivity contribution is 5.95. The first kappa shape index (κ1) is 20.4. The van der Waals surface area contributed by atoms with Crippen molar-refractivity contribution in [2.24, 2.45) is 0 Å². The summed E-state index contributed by atoms with van der Waals surface area (Å²) >= 11 is 0. The number of aromatic nitrogens is 4. The number of ether oxygens (including phenoxy) is 1. The highest BCUT2D eigenvalue weighted by Crippen LogP contribution is 2.19. The van der Waals surface area contributed by atoms with Crippen LogP contribution < -0.4 is 10.1 Å². The summed E-state index contributed by atoms with van der Waals surface area (Å²) in [6.45, 7) is 4.99. The minimum absolute atomic E-state index is 0.130. The summed E-state index contributed by atoms with van der Waals surface area (Å²) in [5, 5.41) is 10.1. The van der Waals surface area contributed by atoms with E-state index in [0.29, 0.717) is 17.2 Å². The number of methoxy groups -OCH3 is 1. The number of carbonyl (C=O) groups is 1. The van der Waals surface area contributed by atoms with Crippen LogP contribution in [0.5, 0.6) is 5.75 Å². The minimum atomic E-state index is -0.130. The standard InChI is InChI=1S/C24H25N5O2/c1-16-13-21(17(2)29(16)15-18-7-5-4-6-8-18)24(30)25-14-22-26-23(28-27-22)19-9-11-20(31-3)12-10-19/h4-13H,14-15H2,1-3H3,(H,25,30)(H,26,27,28). The molecule has 7 nitrogen and oxygen atoms in total. The second-order valence-corrected chi connectivity index (χ2v) is 7.37. The maximum Gasteiger partial charge on any atom is 0.253 e. The lowest BCUT2D eigenvalue weighted by Crippen LogP contribution is -2.24. The van der Waals surface area contributed by atoms with Gasteiger partial charge < -0.3 is 14.6 Å². The third kappa shape index (κ3) is 4.50. The molecule has 0 bridgehead atoms. The maximum absolute atomic E-state index is 12.8. The zero-order valence-corrected chi connectivity index (χ0v) is 17.8.